The number of nitrogens with one attached hydrogen (secondary N) is 1. The Kier molecular flexibility index (Phi) is 4.94. The van der Waals surface area contributed by atoms with Crippen molar-refractivity contribution in [2.75, 3.05) is 6.61 Å². The minimum Gasteiger partial charge on any atom is -0.395 e. The van der Waals surface area contributed by atoms with Gasteiger partial charge >= 0.3 is 0 Å². The van der Waals surface area contributed by atoms with Crippen LogP contribution in [0, 0.1) is 6.92 Å². The van der Waals surface area contributed by atoms with Crippen LogP contribution in [0.5, 0.6) is 0 Å². The van der Waals surface area contributed by atoms with E-state index >= 15 is 0 Å². The largest absolute Gasteiger partial charge is 0.395 e. The number of rotatable bonds is 5. The van der Waals surface area contributed by atoms with Crippen molar-refractivity contribution < 1.29 is 13.5 Å². The number of hydrogen-bond donors (Lipinski definition) is 2. The molecule has 0 aliphatic carbocycles. The zero-order valence-electron chi connectivity index (χ0n) is 9.77. The van der Waals surface area contributed by atoms with Gasteiger partial charge in [-0.05, 0) is 37.1 Å². The molecule has 1 aromatic carbocycles. The molecule has 0 fully saturated rings. The normalized spacial score (nSPS) is 13.6. The third kappa shape index (κ3) is 3.67. The Balaban J connectivity index is 3.01. The predicted molar refractivity (Wildman–Crippen MR) is 67.7 cm³/mol. The van der Waals surface area contributed by atoms with Crippen LogP contribution < -0.4 is 4.72 Å². The van der Waals surface area contributed by atoms with Gasteiger partial charge in [0.25, 0.3) is 0 Å². The fourth-order valence-electron chi connectivity index (χ4n) is 1.32. The number of aliphatic hydroxyl groups is 1. The second kappa shape index (κ2) is 5.82. The predicted octanol–water partition coefficient (Wildman–Crippen LogP) is 1.70. The second-order valence-corrected chi connectivity index (χ2v) is 5.94. The van der Waals surface area contributed by atoms with E-state index in [9.17, 15) is 8.42 Å². The highest BCUT2D eigenvalue weighted by atomic mass is 35.5. The molecule has 0 aliphatic heterocycles. The van der Waals surface area contributed by atoms with Crippen LogP contribution in [0.15, 0.2) is 23.1 Å². The molecule has 0 heterocycles. The van der Waals surface area contributed by atoms with Crippen LogP contribution in [0.3, 0.4) is 0 Å². The lowest BCUT2D eigenvalue weighted by Gasteiger charge is -2.14. The Bertz CT molecular complexity index is 483. The summed E-state index contributed by atoms with van der Waals surface area (Å²) in [5.74, 6) is 0. The first-order valence-electron chi connectivity index (χ1n) is 5.30. The number of aliphatic hydroxyl groups excluding tert-OH is 1. The number of benzene rings is 1. The van der Waals surface area contributed by atoms with E-state index in [1.165, 1.54) is 12.1 Å². The highest BCUT2D eigenvalue weighted by molar-refractivity contribution is 7.89. The zero-order chi connectivity index (χ0) is 13.1. The molecule has 1 atom stereocenters. The summed E-state index contributed by atoms with van der Waals surface area (Å²) in [7, 11) is -3.59. The minimum atomic E-state index is -3.59. The lowest BCUT2D eigenvalue weighted by molar-refractivity contribution is 0.254. The molecule has 1 rings (SSSR count). The first kappa shape index (κ1) is 14.4. The van der Waals surface area contributed by atoms with E-state index in [1.54, 1.807) is 19.9 Å². The lowest BCUT2D eigenvalue weighted by atomic mass is 10.2. The summed E-state index contributed by atoms with van der Waals surface area (Å²) in [6, 6.07) is 4.04. The molecule has 0 aromatic heterocycles. The maximum atomic E-state index is 12.0. The van der Waals surface area contributed by atoms with Crippen LogP contribution in [-0.4, -0.2) is 26.2 Å². The molecular weight excluding hydrogens is 262 g/mol. The summed E-state index contributed by atoms with van der Waals surface area (Å²) in [4.78, 5) is 0.159. The van der Waals surface area contributed by atoms with Gasteiger partial charge in [-0.25, -0.2) is 13.1 Å². The van der Waals surface area contributed by atoms with Crippen molar-refractivity contribution in [3.8, 4) is 0 Å². The van der Waals surface area contributed by atoms with Gasteiger partial charge in [0.15, 0.2) is 0 Å². The molecule has 2 N–H and O–H groups in total. The Labute approximate surface area is 107 Å². The smallest absolute Gasteiger partial charge is 0.240 e. The van der Waals surface area contributed by atoms with E-state index in [0.29, 0.717) is 17.0 Å². The molecule has 0 bridgehead atoms. The molecule has 0 spiro atoms. The van der Waals surface area contributed by atoms with Gasteiger partial charge in [0, 0.05) is 11.1 Å². The zero-order valence-corrected chi connectivity index (χ0v) is 11.3. The highest BCUT2D eigenvalue weighted by Gasteiger charge is 2.18. The van der Waals surface area contributed by atoms with Crippen molar-refractivity contribution in [2.45, 2.75) is 31.2 Å². The molecule has 0 saturated heterocycles. The number of sulfonamides is 1. The van der Waals surface area contributed by atoms with Gasteiger partial charge in [-0.1, -0.05) is 18.5 Å². The lowest BCUT2D eigenvalue weighted by Crippen LogP contribution is -2.36. The van der Waals surface area contributed by atoms with Crippen LogP contribution in [0.4, 0.5) is 0 Å². The standard InChI is InChI=1S/C11H16ClNO3S/c1-3-9(7-14)13-17(15,16)10-4-5-11(12)8(2)6-10/h4-6,9,13-14H,3,7H2,1-2H3/t9-/m1/s1. The van der Waals surface area contributed by atoms with Gasteiger partial charge in [0.1, 0.15) is 0 Å². The number of halogens is 1. The van der Waals surface area contributed by atoms with Gasteiger partial charge in [0.05, 0.1) is 11.5 Å². The average molecular weight is 278 g/mol. The highest BCUT2D eigenvalue weighted by Crippen LogP contribution is 2.19. The van der Waals surface area contributed by atoms with E-state index in [1.807, 2.05) is 0 Å². The van der Waals surface area contributed by atoms with E-state index in [4.69, 9.17) is 16.7 Å². The first-order chi connectivity index (χ1) is 7.90. The summed E-state index contributed by atoms with van der Waals surface area (Å²) in [6.07, 6.45) is 0.530. The Morgan fingerprint density at radius 3 is 2.59 bits per heavy atom. The summed E-state index contributed by atoms with van der Waals surface area (Å²) < 4.78 is 26.4. The number of aryl methyl sites for hydroxylation is 1. The van der Waals surface area contributed by atoms with E-state index in [-0.39, 0.29) is 11.5 Å². The van der Waals surface area contributed by atoms with Crippen LogP contribution in [0.25, 0.3) is 0 Å². The molecule has 6 heteroatoms. The Hall–Kier alpha value is -0.620. The fourth-order valence-corrected chi connectivity index (χ4v) is 2.83. The van der Waals surface area contributed by atoms with Crippen LogP contribution in [-0.2, 0) is 10.0 Å². The van der Waals surface area contributed by atoms with Crippen molar-refractivity contribution in [3.05, 3.63) is 28.8 Å². The molecule has 0 aliphatic rings. The van der Waals surface area contributed by atoms with Crippen LogP contribution in [0.1, 0.15) is 18.9 Å². The third-order valence-electron chi connectivity index (χ3n) is 2.47. The average Bonchev–Trinajstić information content (AvgIpc) is 2.29. The molecule has 0 radical (unpaired) electrons. The topological polar surface area (TPSA) is 66.4 Å². The molecule has 96 valence electrons. The summed E-state index contributed by atoms with van der Waals surface area (Å²) >= 11 is 5.84. The van der Waals surface area contributed by atoms with Crippen LogP contribution in [0.2, 0.25) is 5.02 Å². The van der Waals surface area contributed by atoms with E-state index in [2.05, 4.69) is 4.72 Å². The minimum absolute atomic E-state index is 0.159. The van der Waals surface area contributed by atoms with Crippen molar-refractivity contribution >= 4 is 21.6 Å². The molecular formula is C11H16ClNO3S. The van der Waals surface area contributed by atoms with Gasteiger partial charge in [-0.2, -0.15) is 0 Å². The monoisotopic (exact) mass is 277 g/mol. The summed E-state index contributed by atoms with van der Waals surface area (Å²) in [5.41, 5.74) is 0.701. The van der Waals surface area contributed by atoms with E-state index in [0.717, 1.165) is 0 Å². The van der Waals surface area contributed by atoms with Gasteiger partial charge in [-0.15, -0.1) is 0 Å². The Morgan fingerprint density at radius 2 is 2.12 bits per heavy atom. The fraction of sp³-hybridized carbons (Fsp3) is 0.455. The van der Waals surface area contributed by atoms with E-state index < -0.39 is 16.1 Å². The van der Waals surface area contributed by atoms with Gasteiger partial charge in [0.2, 0.25) is 10.0 Å². The molecule has 0 amide bonds. The van der Waals surface area contributed by atoms with Gasteiger partial charge in [-0.3, -0.25) is 0 Å². The van der Waals surface area contributed by atoms with Crippen molar-refractivity contribution in [1.82, 2.24) is 4.72 Å². The maximum Gasteiger partial charge on any atom is 0.240 e. The summed E-state index contributed by atoms with van der Waals surface area (Å²) in [6.45, 7) is 3.32. The summed E-state index contributed by atoms with van der Waals surface area (Å²) in [5, 5.41) is 9.51. The Morgan fingerprint density at radius 1 is 1.47 bits per heavy atom. The molecule has 17 heavy (non-hydrogen) atoms. The third-order valence-corrected chi connectivity index (χ3v) is 4.42. The molecule has 4 nitrogen and oxygen atoms in total. The quantitative estimate of drug-likeness (QED) is 0.861. The number of hydrogen-bond acceptors (Lipinski definition) is 3. The van der Waals surface area contributed by atoms with Crippen molar-refractivity contribution in [1.29, 1.82) is 0 Å². The van der Waals surface area contributed by atoms with Gasteiger partial charge < -0.3 is 5.11 Å². The molecule has 0 saturated carbocycles. The van der Waals surface area contributed by atoms with Crippen molar-refractivity contribution in [3.63, 3.8) is 0 Å². The first-order valence-corrected chi connectivity index (χ1v) is 7.16. The van der Waals surface area contributed by atoms with Crippen molar-refractivity contribution in [2.24, 2.45) is 0 Å². The van der Waals surface area contributed by atoms with Crippen LogP contribution >= 0.6 is 11.6 Å². The maximum absolute atomic E-state index is 12.0. The molecule has 0 unspecified atom stereocenters. The second-order valence-electron chi connectivity index (χ2n) is 3.82. The molecule has 1 aromatic rings. The SMILES string of the molecule is CC[C@H](CO)NS(=O)(=O)c1ccc(Cl)c(C)c1.